The van der Waals surface area contributed by atoms with Gasteiger partial charge in [-0.2, -0.15) is 0 Å². The molecular weight excluding hydrogens is 468 g/mol. The normalized spacial score (nSPS) is 11.0. The summed E-state index contributed by atoms with van der Waals surface area (Å²) in [6, 6.07) is 18.9. The molecule has 7 nitrogen and oxygen atoms in total. The van der Waals surface area contributed by atoms with E-state index in [1.165, 1.54) is 17.4 Å². The van der Waals surface area contributed by atoms with E-state index in [9.17, 15) is 9.59 Å². The average Bonchev–Trinajstić information content (AvgIpc) is 3.44. The van der Waals surface area contributed by atoms with Crippen LogP contribution in [0.5, 0.6) is 0 Å². The van der Waals surface area contributed by atoms with Crippen molar-refractivity contribution in [3.63, 3.8) is 0 Å². The fourth-order valence-corrected chi connectivity index (χ4v) is 4.28. The monoisotopic (exact) mass is 490 g/mol. The van der Waals surface area contributed by atoms with Crippen LogP contribution in [0, 0.1) is 0 Å². The number of thiocarbonyl (C=S) groups is 1. The van der Waals surface area contributed by atoms with E-state index < -0.39 is 0 Å². The fraction of sp³-hybridized carbons (Fsp3) is 0.120. The quantitative estimate of drug-likeness (QED) is 0.223. The van der Waals surface area contributed by atoms with Gasteiger partial charge in [0.2, 0.25) is 11.8 Å². The SMILES string of the molecule is CCCC(=O)Nc1nc2ccc(NC(=S)NC(=O)/C=C/c3ccc(-c4ccccc4)o3)cc2s1. The van der Waals surface area contributed by atoms with Gasteiger partial charge >= 0.3 is 0 Å². The molecule has 0 radical (unpaired) electrons. The average molecular weight is 491 g/mol. The van der Waals surface area contributed by atoms with Crippen LogP contribution in [-0.2, 0) is 9.59 Å². The number of aromatic nitrogens is 1. The predicted molar refractivity (Wildman–Crippen MR) is 141 cm³/mol. The molecule has 9 heteroatoms. The minimum atomic E-state index is -0.380. The number of carbonyl (C=O) groups is 2. The summed E-state index contributed by atoms with van der Waals surface area (Å²) in [5.74, 6) is 0.854. The summed E-state index contributed by atoms with van der Waals surface area (Å²) in [6.45, 7) is 1.95. The van der Waals surface area contributed by atoms with Crippen molar-refractivity contribution < 1.29 is 14.0 Å². The molecule has 0 aliphatic rings. The second-order valence-electron chi connectivity index (χ2n) is 7.34. The molecule has 2 heterocycles. The van der Waals surface area contributed by atoms with Crippen LogP contribution >= 0.6 is 23.6 Å². The van der Waals surface area contributed by atoms with Crippen molar-refractivity contribution in [3.8, 4) is 11.3 Å². The molecular formula is C25H22N4O3S2. The number of hydrogen-bond donors (Lipinski definition) is 3. The van der Waals surface area contributed by atoms with E-state index in [1.807, 2.05) is 61.5 Å². The Morgan fingerprint density at radius 3 is 2.71 bits per heavy atom. The summed E-state index contributed by atoms with van der Waals surface area (Å²) < 4.78 is 6.64. The van der Waals surface area contributed by atoms with E-state index >= 15 is 0 Å². The second kappa shape index (κ2) is 10.9. The molecule has 4 rings (SSSR count). The van der Waals surface area contributed by atoms with Gasteiger partial charge < -0.3 is 15.1 Å². The predicted octanol–water partition coefficient (Wildman–Crippen LogP) is 5.82. The maximum absolute atomic E-state index is 12.3. The van der Waals surface area contributed by atoms with Crippen molar-refractivity contribution in [2.75, 3.05) is 10.6 Å². The lowest BCUT2D eigenvalue weighted by molar-refractivity contribution is -0.116. The van der Waals surface area contributed by atoms with E-state index in [1.54, 1.807) is 12.1 Å². The Hall–Kier alpha value is -3.82. The van der Waals surface area contributed by atoms with Gasteiger partial charge in [0.25, 0.3) is 0 Å². The van der Waals surface area contributed by atoms with Crippen LogP contribution in [0.1, 0.15) is 25.5 Å². The van der Waals surface area contributed by atoms with Crippen LogP contribution in [-0.4, -0.2) is 21.9 Å². The number of fused-ring (bicyclic) bond motifs is 1. The van der Waals surface area contributed by atoms with Crippen molar-refractivity contribution in [2.45, 2.75) is 19.8 Å². The fourth-order valence-electron chi connectivity index (χ4n) is 3.14. The highest BCUT2D eigenvalue weighted by molar-refractivity contribution is 7.80. The van der Waals surface area contributed by atoms with E-state index in [2.05, 4.69) is 20.9 Å². The molecule has 4 aromatic rings. The summed E-state index contributed by atoms with van der Waals surface area (Å²) in [5, 5.41) is 9.14. The zero-order valence-electron chi connectivity index (χ0n) is 18.3. The van der Waals surface area contributed by atoms with Gasteiger partial charge in [-0.05, 0) is 55.0 Å². The Morgan fingerprint density at radius 1 is 1.09 bits per heavy atom. The molecule has 0 bridgehead atoms. The van der Waals surface area contributed by atoms with Crippen molar-refractivity contribution in [3.05, 3.63) is 72.5 Å². The van der Waals surface area contributed by atoms with Crippen LogP contribution < -0.4 is 16.0 Å². The molecule has 0 saturated heterocycles. The molecule has 0 aliphatic carbocycles. The number of hydrogen-bond acceptors (Lipinski definition) is 6. The van der Waals surface area contributed by atoms with E-state index in [0.717, 1.165) is 28.0 Å². The highest BCUT2D eigenvalue weighted by atomic mass is 32.1. The Morgan fingerprint density at radius 2 is 1.91 bits per heavy atom. The highest BCUT2D eigenvalue weighted by Gasteiger charge is 2.09. The maximum atomic E-state index is 12.3. The summed E-state index contributed by atoms with van der Waals surface area (Å²) in [6.07, 6.45) is 4.18. The van der Waals surface area contributed by atoms with Crippen molar-refractivity contribution >= 4 is 67.6 Å². The number of nitrogens with one attached hydrogen (secondary N) is 3. The van der Waals surface area contributed by atoms with Gasteiger partial charge in [-0.1, -0.05) is 48.6 Å². The molecule has 0 fully saturated rings. The minimum Gasteiger partial charge on any atom is -0.457 e. The molecule has 0 spiro atoms. The number of benzene rings is 2. The van der Waals surface area contributed by atoms with Gasteiger partial charge in [0, 0.05) is 23.7 Å². The molecule has 3 N–H and O–H groups in total. The lowest BCUT2D eigenvalue weighted by Gasteiger charge is -2.07. The minimum absolute atomic E-state index is 0.0531. The standard InChI is InChI=1S/C25H22N4O3S2/c1-2-6-22(30)29-25-27-19-12-9-17(15-21(19)34-25)26-24(33)28-23(31)14-11-18-10-13-20(32-18)16-7-4-3-5-8-16/h3-5,7-15H,2,6H2,1H3,(H,27,29,30)(H2,26,28,31,33)/b14-11+. The number of furan rings is 1. The Kier molecular flexibility index (Phi) is 7.46. The van der Waals surface area contributed by atoms with Crippen LogP contribution in [0.2, 0.25) is 0 Å². The Balaban J connectivity index is 1.32. The molecule has 2 aromatic heterocycles. The molecule has 0 aliphatic heterocycles. The molecule has 2 amide bonds. The number of carbonyl (C=O) groups excluding carboxylic acids is 2. The Bertz CT molecular complexity index is 1360. The van der Waals surface area contributed by atoms with Gasteiger partial charge in [-0.15, -0.1) is 0 Å². The van der Waals surface area contributed by atoms with Gasteiger partial charge in [0.1, 0.15) is 11.5 Å². The third-order valence-corrected chi connectivity index (χ3v) is 5.83. The molecule has 2 aromatic carbocycles. The lowest BCUT2D eigenvalue weighted by atomic mass is 10.2. The lowest BCUT2D eigenvalue weighted by Crippen LogP contribution is -2.32. The number of nitrogens with zero attached hydrogens (tertiary/aromatic N) is 1. The van der Waals surface area contributed by atoms with Crippen LogP contribution in [0.15, 0.2) is 71.2 Å². The number of anilines is 2. The smallest absolute Gasteiger partial charge is 0.250 e. The van der Waals surface area contributed by atoms with Crippen LogP contribution in [0.3, 0.4) is 0 Å². The Labute approximate surface area is 205 Å². The second-order valence-corrected chi connectivity index (χ2v) is 8.78. The summed E-state index contributed by atoms with van der Waals surface area (Å²) in [7, 11) is 0. The van der Waals surface area contributed by atoms with Crippen molar-refractivity contribution in [1.82, 2.24) is 10.3 Å². The summed E-state index contributed by atoms with van der Waals surface area (Å²) in [4.78, 5) is 28.5. The zero-order valence-corrected chi connectivity index (χ0v) is 20.0. The molecule has 0 saturated carbocycles. The molecule has 0 atom stereocenters. The van der Waals surface area contributed by atoms with E-state index in [0.29, 0.717) is 23.0 Å². The van der Waals surface area contributed by atoms with Gasteiger partial charge in [0.05, 0.1) is 10.2 Å². The van der Waals surface area contributed by atoms with Crippen molar-refractivity contribution in [1.29, 1.82) is 0 Å². The first kappa shape index (κ1) is 23.3. The van der Waals surface area contributed by atoms with E-state index in [4.69, 9.17) is 16.6 Å². The van der Waals surface area contributed by atoms with Crippen molar-refractivity contribution in [2.24, 2.45) is 0 Å². The topological polar surface area (TPSA) is 96.3 Å². The molecule has 34 heavy (non-hydrogen) atoms. The number of rotatable bonds is 7. The van der Waals surface area contributed by atoms with Gasteiger partial charge in [-0.3, -0.25) is 14.9 Å². The maximum Gasteiger partial charge on any atom is 0.250 e. The number of thiazole rings is 1. The van der Waals surface area contributed by atoms with Crippen LogP contribution in [0.25, 0.3) is 27.6 Å². The number of amides is 2. The third-order valence-electron chi connectivity index (χ3n) is 4.69. The first-order valence-electron chi connectivity index (χ1n) is 10.7. The zero-order chi connectivity index (χ0) is 23.9. The van der Waals surface area contributed by atoms with E-state index in [-0.39, 0.29) is 16.9 Å². The largest absolute Gasteiger partial charge is 0.457 e. The highest BCUT2D eigenvalue weighted by Crippen LogP contribution is 2.28. The van der Waals surface area contributed by atoms with Gasteiger partial charge in [0.15, 0.2) is 10.2 Å². The first-order chi connectivity index (χ1) is 16.5. The van der Waals surface area contributed by atoms with Gasteiger partial charge in [-0.25, -0.2) is 4.98 Å². The summed E-state index contributed by atoms with van der Waals surface area (Å²) in [5.41, 5.74) is 2.44. The summed E-state index contributed by atoms with van der Waals surface area (Å²) >= 11 is 6.63. The van der Waals surface area contributed by atoms with Crippen LogP contribution in [0.4, 0.5) is 10.8 Å². The third kappa shape index (κ3) is 6.15. The first-order valence-corrected chi connectivity index (χ1v) is 11.9. The molecule has 172 valence electrons. The molecule has 0 unspecified atom stereocenters.